The van der Waals surface area contributed by atoms with Gasteiger partial charge in [0, 0.05) is 6.07 Å². The molecule has 4 nitrogen and oxygen atoms in total. The van der Waals surface area contributed by atoms with E-state index in [1.54, 1.807) is 12.1 Å². The minimum atomic E-state index is 0.319. The summed E-state index contributed by atoms with van der Waals surface area (Å²) in [6, 6.07) is 11.2. The standard InChI is InChI=1S/C19H20ClNO3/c1-4-22-17-11-15(12-21)10-16(20)19(17)24-9-8-23-18-13(2)6-5-7-14(18)3/h5-7,10-11H,4,8-9H2,1-3H3. The van der Waals surface area contributed by atoms with Crippen LogP contribution in [0.2, 0.25) is 5.02 Å². The highest BCUT2D eigenvalue weighted by atomic mass is 35.5. The van der Waals surface area contributed by atoms with Gasteiger partial charge in [0.25, 0.3) is 0 Å². The fourth-order valence-electron chi connectivity index (χ4n) is 2.35. The van der Waals surface area contributed by atoms with Gasteiger partial charge in [-0.2, -0.15) is 5.26 Å². The van der Waals surface area contributed by atoms with E-state index in [1.165, 1.54) is 0 Å². The van der Waals surface area contributed by atoms with E-state index in [-0.39, 0.29) is 0 Å². The lowest BCUT2D eigenvalue weighted by Crippen LogP contribution is -2.11. The molecule has 0 aliphatic carbocycles. The summed E-state index contributed by atoms with van der Waals surface area (Å²) in [4.78, 5) is 0. The molecule has 0 atom stereocenters. The molecule has 0 saturated carbocycles. The zero-order valence-electron chi connectivity index (χ0n) is 14.1. The van der Waals surface area contributed by atoms with E-state index in [2.05, 4.69) is 6.07 Å². The van der Waals surface area contributed by atoms with Crippen LogP contribution >= 0.6 is 11.6 Å². The number of hydrogen-bond acceptors (Lipinski definition) is 4. The molecule has 0 N–H and O–H groups in total. The number of nitriles is 1. The average Bonchev–Trinajstić information content (AvgIpc) is 2.55. The lowest BCUT2D eigenvalue weighted by Gasteiger charge is -2.15. The highest BCUT2D eigenvalue weighted by Crippen LogP contribution is 2.36. The fourth-order valence-corrected chi connectivity index (χ4v) is 2.62. The van der Waals surface area contributed by atoms with E-state index in [0.29, 0.717) is 41.9 Å². The first-order chi connectivity index (χ1) is 11.6. The van der Waals surface area contributed by atoms with E-state index in [1.807, 2.05) is 39.0 Å². The first kappa shape index (κ1) is 18.0. The van der Waals surface area contributed by atoms with E-state index in [4.69, 9.17) is 31.1 Å². The third-order valence-corrected chi connectivity index (χ3v) is 3.70. The maximum atomic E-state index is 9.01. The second-order valence-corrected chi connectivity index (χ2v) is 5.66. The molecule has 2 aromatic rings. The van der Waals surface area contributed by atoms with Crippen LogP contribution in [0.5, 0.6) is 17.2 Å². The van der Waals surface area contributed by atoms with Gasteiger partial charge in [-0.25, -0.2) is 0 Å². The Hall–Kier alpha value is -2.38. The Kier molecular flexibility index (Phi) is 6.34. The normalized spacial score (nSPS) is 10.1. The molecule has 2 aromatic carbocycles. The van der Waals surface area contributed by atoms with Gasteiger partial charge in [-0.3, -0.25) is 0 Å². The SMILES string of the molecule is CCOc1cc(C#N)cc(Cl)c1OCCOc1c(C)cccc1C. The Bertz CT molecular complexity index is 733. The molecule has 0 aliphatic heterocycles. The molecule has 0 amide bonds. The van der Waals surface area contributed by atoms with Crippen molar-refractivity contribution in [1.82, 2.24) is 0 Å². The summed E-state index contributed by atoms with van der Waals surface area (Å²) in [6.07, 6.45) is 0. The topological polar surface area (TPSA) is 51.5 Å². The number of nitrogens with zero attached hydrogens (tertiary/aromatic N) is 1. The maximum Gasteiger partial charge on any atom is 0.179 e. The Morgan fingerprint density at radius 1 is 1.00 bits per heavy atom. The van der Waals surface area contributed by atoms with Crippen molar-refractivity contribution in [2.24, 2.45) is 0 Å². The minimum Gasteiger partial charge on any atom is -0.490 e. The van der Waals surface area contributed by atoms with Crippen LogP contribution in [-0.4, -0.2) is 19.8 Å². The quantitative estimate of drug-likeness (QED) is 0.683. The molecule has 24 heavy (non-hydrogen) atoms. The molecule has 2 rings (SSSR count). The first-order valence-electron chi connectivity index (χ1n) is 7.75. The summed E-state index contributed by atoms with van der Waals surface area (Å²) in [5.41, 5.74) is 2.60. The molecule has 126 valence electrons. The van der Waals surface area contributed by atoms with Crippen molar-refractivity contribution in [3.63, 3.8) is 0 Å². The lowest BCUT2D eigenvalue weighted by atomic mass is 10.1. The molecule has 0 bridgehead atoms. The second-order valence-electron chi connectivity index (χ2n) is 5.25. The molecule has 0 saturated heterocycles. The zero-order chi connectivity index (χ0) is 17.5. The third kappa shape index (κ3) is 4.33. The highest BCUT2D eigenvalue weighted by molar-refractivity contribution is 6.32. The Balaban J connectivity index is 2.03. The molecule has 0 fully saturated rings. The van der Waals surface area contributed by atoms with Crippen LogP contribution in [0.1, 0.15) is 23.6 Å². The van der Waals surface area contributed by atoms with Gasteiger partial charge in [-0.05, 0) is 38.0 Å². The van der Waals surface area contributed by atoms with E-state index in [9.17, 15) is 0 Å². The molecule has 5 heteroatoms. The van der Waals surface area contributed by atoms with E-state index < -0.39 is 0 Å². The molecular weight excluding hydrogens is 326 g/mol. The smallest absolute Gasteiger partial charge is 0.179 e. The van der Waals surface area contributed by atoms with Crippen molar-refractivity contribution in [1.29, 1.82) is 5.26 Å². The average molecular weight is 346 g/mol. The van der Waals surface area contributed by atoms with Crippen LogP contribution in [0.3, 0.4) is 0 Å². The van der Waals surface area contributed by atoms with Crippen LogP contribution in [0.25, 0.3) is 0 Å². The molecule has 0 unspecified atom stereocenters. The molecule has 0 spiro atoms. The molecule has 0 aromatic heterocycles. The largest absolute Gasteiger partial charge is 0.490 e. The molecular formula is C19H20ClNO3. The summed E-state index contributed by atoms with van der Waals surface area (Å²) in [5, 5.41) is 9.36. The number of ether oxygens (including phenoxy) is 3. The van der Waals surface area contributed by atoms with Gasteiger partial charge < -0.3 is 14.2 Å². The van der Waals surface area contributed by atoms with Crippen molar-refractivity contribution >= 4 is 11.6 Å². The maximum absolute atomic E-state index is 9.01. The number of rotatable bonds is 7. The van der Waals surface area contributed by atoms with Crippen LogP contribution in [0.15, 0.2) is 30.3 Å². The highest BCUT2D eigenvalue weighted by Gasteiger charge is 2.13. The predicted molar refractivity (Wildman–Crippen MR) is 94.2 cm³/mol. The fraction of sp³-hybridized carbons (Fsp3) is 0.316. The van der Waals surface area contributed by atoms with Crippen molar-refractivity contribution in [3.05, 3.63) is 52.0 Å². The summed E-state index contributed by atoms with van der Waals surface area (Å²) in [5.74, 6) is 1.77. The van der Waals surface area contributed by atoms with Gasteiger partial charge in [0.2, 0.25) is 0 Å². The van der Waals surface area contributed by atoms with Gasteiger partial charge >= 0.3 is 0 Å². The third-order valence-electron chi connectivity index (χ3n) is 3.42. The lowest BCUT2D eigenvalue weighted by molar-refractivity contribution is 0.207. The van der Waals surface area contributed by atoms with Gasteiger partial charge in [-0.15, -0.1) is 0 Å². The van der Waals surface area contributed by atoms with Crippen molar-refractivity contribution in [2.75, 3.05) is 19.8 Å². The summed E-state index contributed by atoms with van der Waals surface area (Å²) in [6.45, 7) is 7.04. The van der Waals surface area contributed by atoms with Crippen molar-refractivity contribution < 1.29 is 14.2 Å². The molecule has 0 aliphatic rings. The van der Waals surface area contributed by atoms with E-state index in [0.717, 1.165) is 16.9 Å². The van der Waals surface area contributed by atoms with Gasteiger partial charge in [-0.1, -0.05) is 29.8 Å². The number of para-hydroxylation sites is 1. The summed E-state index contributed by atoms with van der Waals surface area (Å²) >= 11 is 6.20. The minimum absolute atomic E-state index is 0.319. The van der Waals surface area contributed by atoms with Crippen LogP contribution in [0, 0.1) is 25.2 Å². The van der Waals surface area contributed by atoms with Crippen LogP contribution < -0.4 is 14.2 Å². The number of aryl methyl sites for hydroxylation is 2. The number of halogens is 1. The van der Waals surface area contributed by atoms with E-state index >= 15 is 0 Å². The Morgan fingerprint density at radius 3 is 2.21 bits per heavy atom. The Labute approximate surface area is 147 Å². The van der Waals surface area contributed by atoms with Gasteiger partial charge in [0.05, 0.1) is 23.3 Å². The van der Waals surface area contributed by atoms with Crippen LogP contribution in [-0.2, 0) is 0 Å². The van der Waals surface area contributed by atoms with Crippen molar-refractivity contribution in [2.45, 2.75) is 20.8 Å². The zero-order valence-corrected chi connectivity index (χ0v) is 14.8. The Morgan fingerprint density at radius 2 is 1.62 bits per heavy atom. The predicted octanol–water partition coefficient (Wildman–Crippen LogP) is 4.69. The summed E-state index contributed by atoms with van der Waals surface area (Å²) in [7, 11) is 0. The first-order valence-corrected chi connectivity index (χ1v) is 8.12. The van der Waals surface area contributed by atoms with Gasteiger partial charge in [0.1, 0.15) is 19.0 Å². The van der Waals surface area contributed by atoms with Crippen molar-refractivity contribution in [3.8, 4) is 23.3 Å². The molecule has 0 radical (unpaired) electrons. The number of hydrogen-bond donors (Lipinski definition) is 0. The monoisotopic (exact) mass is 345 g/mol. The second kappa shape index (κ2) is 8.47. The molecule has 0 heterocycles. The summed E-state index contributed by atoms with van der Waals surface area (Å²) < 4.78 is 17.1. The van der Waals surface area contributed by atoms with Crippen LogP contribution in [0.4, 0.5) is 0 Å². The number of benzene rings is 2. The van der Waals surface area contributed by atoms with Gasteiger partial charge in [0.15, 0.2) is 11.5 Å².